The summed E-state index contributed by atoms with van der Waals surface area (Å²) in [6.07, 6.45) is 12.2. The van der Waals surface area contributed by atoms with Gasteiger partial charge >= 0.3 is 0 Å². The van der Waals surface area contributed by atoms with E-state index >= 15 is 0 Å². The Morgan fingerprint density at radius 3 is 2.45 bits per heavy atom. The summed E-state index contributed by atoms with van der Waals surface area (Å²) >= 11 is 0. The maximum atomic E-state index is 14.3. The van der Waals surface area contributed by atoms with Crippen LogP contribution in [0.2, 0.25) is 0 Å². The zero-order valence-corrected chi connectivity index (χ0v) is 22.2. The first kappa shape index (κ1) is 25.3. The van der Waals surface area contributed by atoms with Gasteiger partial charge in [0.25, 0.3) is 0 Å². The van der Waals surface area contributed by atoms with Gasteiger partial charge in [-0.3, -0.25) is 0 Å². The molecule has 0 amide bonds. The third-order valence-corrected chi connectivity index (χ3v) is 8.88. The number of fused-ring (bicyclic) bond motifs is 1. The Bertz CT molecular complexity index is 1200. The molecule has 7 heteroatoms. The van der Waals surface area contributed by atoms with E-state index in [1.54, 1.807) is 18.5 Å². The van der Waals surface area contributed by atoms with E-state index in [1.807, 2.05) is 42.6 Å². The van der Waals surface area contributed by atoms with Gasteiger partial charge in [-0.05, 0) is 81.2 Å². The summed E-state index contributed by atoms with van der Waals surface area (Å²) in [5, 5.41) is 0. The number of halogens is 1. The fourth-order valence-electron chi connectivity index (χ4n) is 6.66. The molecule has 0 spiro atoms. The standard InChI is InChI=1S/C31H39FN6/c32-25-8-11-29(28(20-25)24-4-2-1-3-5-24)38-19-18-37(31-30(38)21-34-22-35-31)27-13-16-36(17-14-27)15-12-23-6-9-26(33)10-7-23/h1-5,8,11,20-23,26-27H,6-7,9-10,12-19,33H2. The van der Waals surface area contributed by atoms with Crippen LogP contribution in [0.3, 0.4) is 0 Å². The van der Waals surface area contributed by atoms with E-state index < -0.39 is 0 Å². The summed E-state index contributed by atoms with van der Waals surface area (Å²) < 4.78 is 14.3. The normalized spacial score (nSPS) is 22.9. The zero-order valence-electron chi connectivity index (χ0n) is 22.2. The van der Waals surface area contributed by atoms with Gasteiger partial charge in [0, 0.05) is 49.5 Å². The number of nitrogens with two attached hydrogens (primary N) is 1. The first-order valence-electron chi connectivity index (χ1n) is 14.3. The quantitative estimate of drug-likeness (QED) is 0.461. The highest BCUT2D eigenvalue weighted by Gasteiger charge is 2.33. The second kappa shape index (κ2) is 11.4. The van der Waals surface area contributed by atoms with Crippen LogP contribution in [0.25, 0.3) is 11.1 Å². The van der Waals surface area contributed by atoms with Crippen molar-refractivity contribution in [3.8, 4) is 11.1 Å². The third-order valence-electron chi connectivity index (χ3n) is 8.88. The summed E-state index contributed by atoms with van der Waals surface area (Å²) in [5.74, 6) is 1.62. The number of aromatic nitrogens is 2. The molecule has 3 aromatic rings. The van der Waals surface area contributed by atoms with Crippen molar-refractivity contribution < 1.29 is 4.39 Å². The lowest BCUT2D eigenvalue weighted by Gasteiger charge is -2.44. The number of benzene rings is 2. The van der Waals surface area contributed by atoms with E-state index in [2.05, 4.69) is 19.7 Å². The van der Waals surface area contributed by atoms with Crippen molar-refractivity contribution in [1.82, 2.24) is 14.9 Å². The van der Waals surface area contributed by atoms with Crippen LogP contribution in [0.5, 0.6) is 0 Å². The van der Waals surface area contributed by atoms with Crippen LogP contribution in [0, 0.1) is 11.7 Å². The number of rotatable bonds is 6. The molecule has 38 heavy (non-hydrogen) atoms. The van der Waals surface area contributed by atoms with Crippen molar-refractivity contribution >= 4 is 17.2 Å². The van der Waals surface area contributed by atoms with E-state index in [0.29, 0.717) is 12.1 Å². The van der Waals surface area contributed by atoms with Crippen LogP contribution < -0.4 is 15.5 Å². The van der Waals surface area contributed by atoms with Crippen LogP contribution in [-0.2, 0) is 0 Å². The zero-order chi connectivity index (χ0) is 25.9. The Morgan fingerprint density at radius 2 is 1.66 bits per heavy atom. The van der Waals surface area contributed by atoms with Crippen molar-refractivity contribution in [1.29, 1.82) is 0 Å². The summed E-state index contributed by atoms with van der Waals surface area (Å²) in [6.45, 7) is 5.21. The van der Waals surface area contributed by atoms with Crippen LogP contribution in [-0.4, -0.2) is 59.7 Å². The van der Waals surface area contributed by atoms with Crippen molar-refractivity contribution in [3.63, 3.8) is 0 Å². The molecule has 2 aromatic carbocycles. The first-order valence-corrected chi connectivity index (χ1v) is 14.3. The van der Waals surface area contributed by atoms with Crippen molar-refractivity contribution in [2.75, 3.05) is 42.5 Å². The average Bonchev–Trinajstić information content (AvgIpc) is 2.97. The van der Waals surface area contributed by atoms with E-state index in [4.69, 9.17) is 10.7 Å². The van der Waals surface area contributed by atoms with E-state index in [1.165, 1.54) is 38.6 Å². The number of piperidine rings is 1. The highest BCUT2D eigenvalue weighted by molar-refractivity contribution is 5.86. The van der Waals surface area contributed by atoms with Crippen molar-refractivity contribution in [2.45, 2.75) is 57.0 Å². The molecule has 1 aromatic heterocycles. The summed E-state index contributed by atoms with van der Waals surface area (Å²) in [4.78, 5) is 16.6. The molecular formula is C31H39FN6. The molecule has 1 aliphatic carbocycles. The van der Waals surface area contributed by atoms with Gasteiger partial charge in [-0.25, -0.2) is 14.4 Å². The minimum Gasteiger partial charge on any atom is -0.350 e. The van der Waals surface area contributed by atoms with Crippen LogP contribution in [0.4, 0.5) is 21.6 Å². The number of nitrogens with zero attached hydrogens (tertiary/aromatic N) is 5. The molecule has 0 bridgehead atoms. The van der Waals surface area contributed by atoms with Crippen LogP contribution in [0.1, 0.15) is 44.9 Å². The minimum atomic E-state index is -0.227. The van der Waals surface area contributed by atoms with Crippen molar-refractivity contribution in [2.24, 2.45) is 11.7 Å². The Kier molecular flexibility index (Phi) is 7.56. The number of hydrogen-bond donors (Lipinski definition) is 1. The predicted molar refractivity (Wildman–Crippen MR) is 152 cm³/mol. The largest absolute Gasteiger partial charge is 0.350 e. The molecule has 1 saturated heterocycles. The van der Waals surface area contributed by atoms with E-state index in [-0.39, 0.29) is 5.82 Å². The first-order chi connectivity index (χ1) is 18.7. The molecule has 0 unspecified atom stereocenters. The molecule has 0 atom stereocenters. The summed E-state index contributed by atoms with van der Waals surface area (Å²) in [5.41, 5.74) is 9.98. The maximum absolute atomic E-state index is 14.3. The predicted octanol–water partition coefficient (Wildman–Crippen LogP) is 5.61. The average molecular weight is 515 g/mol. The molecule has 2 fully saturated rings. The lowest BCUT2D eigenvalue weighted by atomic mass is 9.84. The topological polar surface area (TPSA) is 61.5 Å². The van der Waals surface area contributed by atoms with Gasteiger partial charge in [-0.15, -0.1) is 0 Å². The van der Waals surface area contributed by atoms with Gasteiger partial charge in [0.15, 0.2) is 5.82 Å². The molecule has 2 aliphatic heterocycles. The Hall–Kier alpha value is -3.03. The van der Waals surface area contributed by atoms with Gasteiger partial charge in [-0.2, -0.15) is 0 Å². The van der Waals surface area contributed by atoms with Gasteiger partial charge in [0.2, 0.25) is 0 Å². The molecule has 3 aliphatic rings. The fourth-order valence-corrected chi connectivity index (χ4v) is 6.66. The molecule has 6 nitrogen and oxygen atoms in total. The Morgan fingerprint density at radius 1 is 0.868 bits per heavy atom. The van der Waals surface area contributed by atoms with Gasteiger partial charge in [0.1, 0.15) is 17.8 Å². The van der Waals surface area contributed by atoms with Crippen LogP contribution in [0.15, 0.2) is 61.1 Å². The molecule has 6 rings (SSSR count). The molecule has 1 saturated carbocycles. The molecule has 2 N–H and O–H groups in total. The summed E-state index contributed by atoms with van der Waals surface area (Å²) in [7, 11) is 0. The SMILES string of the molecule is NC1CCC(CCN2CCC(N3CCN(c4ccc(F)cc4-c4ccccc4)c4cncnc43)CC2)CC1. The van der Waals surface area contributed by atoms with E-state index in [9.17, 15) is 4.39 Å². The monoisotopic (exact) mass is 514 g/mol. The molecule has 200 valence electrons. The lowest BCUT2D eigenvalue weighted by Crippen LogP contribution is -2.50. The van der Waals surface area contributed by atoms with Gasteiger partial charge in [-0.1, -0.05) is 30.3 Å². The Balaban J connectivity index is 1.15. The minimum absolute atomic E-state index is 0.227. The second-order valence-electron chi connectivity index (χ2n) is 11.2. The summed E-state index contributed by atoms with van der Waals surface area (Å²) in [6, 6.07) is 16.0. The third kappa shape index (κ3) is 5.40. The fraction of sp³-hybridized carbons (Fsp3) is 0.484. The molecule has 3 heterocycles. The molecular weight excluding hydrogens is 475 g/mol. The Labute approximate surface area is 225 Å². The molecule has 0 radical (unpaired) electrons. The highest BCUT2D eigenvalue weighted by atomic mass is 19.1. The number of hydrogen-bond acceptors (Lipinski definition) is 6. The number of likely N-dealkylation sites (tertiary alicyclic amines) is 1. The highest BCUT2D eigenvalue weighted by Crippen LogP contribution is 2.42. The maximum Gasteiger partial charge on any atom is 0.156 e. The van der Waals surface area contributed by atoms with Gasteiger partial charge < -0.3 is 20.4 Å². The number of anilines is 3. The smallest absolute Gasteiger partial charge is 0.156 e. The second-order valence-corrected chi connectivity index (χ2v) is 11.2. The lowest BCUT2D eigenvalue weighted by molar-refractivity contribution is 0.184. The van der Waals surface area contributed by atoms with Crippen molar-refractivity contribution in [3.05, 3.63) is 66.9 Å². The van der Waals surface area contributed by atoms with Crippen LogP contribution >= 0.6 is 0 Å². The van der Waals surface area contributed by atoms with E-state index in [0.717, 1.165) is 73.3 Å². The van der Waals surface area contributed by atoms with Gasteiger partial charge in [0.05, 0.1) is 6.20 Å².